The maximum Gasteiger partial charge on any atom is 0.277 e. The Kier molecular flexibility index (Phi) is 5.90. The maximum absolute atomic E-state index is 13.1. The predicted molar refractivity (Wildman–Crippen MR) is 117 cm³/mol. The molecule has 0 spiro atoms. The molecule has 0 aliphatic carbocycles. The molecule has 2 aliphatic heterocycles. The van der Waals surface area contributed by atoms with Gasteiger partial charge in [-0.25, -0.2) is 4.90 Å². The minimum atomic E-state index is -0.519. The van der Waals surface area contributed by atoms with E-state index in [4.69, 9.17) is 16.3 Å². The third kappa shape index (κ3) is 3.86. The quantitative estimate of drug-likeness (QED) is 0.689. The third-order valence-electron chi connectivity index (χ3n) is 5.60. The molecular formula is C23H24ClN3O3. The van der Waals surface area contributed by atoms with Gasteiger partial charge in [0.15, 0.2) is 0 Å². The van der Waals surface area contributed by atoms with E-state index in [-0.39, 0.29) is 10.6 Å². The summed E-state index contributed by atoms with van der Waals surface area (Å²) < 4.78 is 5.34. The van der Waals surface area contributed by atoms with Crippen LogP contribution in [0, 0.1) is 0 Å². The summed E-state index contributed by atoms with van der Waals surface area (Å²) in [6.45, 7) is 5.03. The van der Waals surface area contributed by atoms with Gasteiger partial charge in [0.2, 0.25) is 0 Å². The number of para-hydroxylation sites is 1. The molecule has 7 heteroatoms. The van der Waals surface area contributed by atoms with Gasteiger partial charge < -0.3 is 9.64 Å². The molecule has 0 unspecified atom stereocenters. The van der Waals surface area contributed by atoms with E-state index in [0.29, 0.717) is 17.0 Å². The van der Waals surface area contributed by atoms with Crippen molar-refractivity contribution >= 4 is 34.7 Å². The summed E-state index contributed by atoms with van der Waals surface area (Å²) in [5, 5.41) is -0.0917. The van der Waals surface area contributed by atoms with Crippen LogP contribution in [0.2, 0.25) is 0 Å². The zero-order valence-electron chi connectivity index (χ0n) is 17.1. The van der Waals surface area contributed by atoms with Crippen LogP contribution < -0.4 is 9.64 Å². The summed E-state index contributed by atoms with van der Waals surface area (Å²) in [5.74, 6) is -0.466. The molecular weight excluding hydrogens is 402 g/mol. The molecule has 1 fully saturated rings. The Labute approximate surface area is 181 Å². The standard InChI is InChI=1S/C23H24ClN3O3/c1-25-11-13-26(14-12-25)15-16-7-9-17(10-8-16)27-22(28)20(21(24)23(27)29)18-5-3-4-6-19(18)30-2/h3-10H,11-15H2,1-2H3. The van der Waals surface area contributed by atoms with Gasteiger partial charge in [-0.2, -0.15) is 0 Å². The van der Waals surface area contributed by atoms with E-state index < -0.39 is 11.8 Å². The predicted octanol–water partition coefficient (Wildman–Crippen LogP) is 2.97. The van der Waals surface area contributed by atoms with Crippen LogP contribution in [0.4, 0.5) is 5.69 Å². The highest BCUT2D eigenvalue weighted by atomic mass is 35.5. The van der Waals surface area contributed by atoms with Crippen molar-refractivity contribution in [3.8, 4) is 5.75 Å². The summed E-state index contributed by atoms with van der Waals surface area (Å²) in [5.41, 5.74) is 2.33. The number of ether oxygens (including phenoxy) is 1. The maximum atomic E-state index is 13.1. The fourth-order valence-electron chi connectivity index (χ4n) is 3.84. The SMILES string of the molecule is COc1ccccc1C1=C(Cl)C(=O)N(c2ccc(CN3CCN(C)CC3)cc2)C1=O. The first-order valence-corrected chi connectivity index (χ1v) is 10.3. The summed E-state index contributed by atoms with van der Waals surface area (Å²) in [7, 11) is 3.65. The first-order chi connectivity index (χ1) is 14.5. The molecule has 2 aliphatic rings. The zero-order valence-corrected chi connectivity index (χ0v) is 17.9. The van der Waals surface area contributed by atoms with Crippen LogP contribution in [0.1, 0.15) is 11.1 Å². The highest BCUT2D eigenvalue weighted by molar-refractivity contribution is 6.60. The zero-order chi connectivity index (χ0) is 21.3. The van der Waals surface area contributed by atoms with Gasteiger partial charge in [-0.15, -0.1) is 0 Å². The molecule has 6 nitrogen and oxygen atoms in total. The normalized spacial score (nSPS) is 18.4. The molecule has 0 N–H and O–H groups in total. The van der Waals surface area contributed by atoms with Crippen molar-refractivity contribution in [1.29, 1.82) is 0 Å². The Bertz CT molecular complexity index is 995. The average molecular weight is 426 g/mol. The van der Waals surface area contributed by atoms with E-state index in [1.54, 1.807) is 36.4 Å². The Morgan fingerprint density at radius 3 is 2.27 bits per heavy atom. The van der Waals surface area contributed by atoms with Crippen molar-refractivity contribution in [3.63, 3.8) is 0 Å². The number of imide groups is 1. The van der Waals surface area contributed by atoms with Gasteiger partial charge in [-0.1, -0.05) is 41.9 Å². The van der Waals surface area contributed by atoms with Gasteiger partial charge >= 0.3 is 0 Å². The molecule has 2 heterocycles. The molecule has 2 aromatic rings. The number of hydrogen-bond donors (Lipinski definition) is 0. The van der Waals surface area contributed by atoms with Crippen LogP contribution in [-0.4, -0.2) is 62.0 Å². The number of carbonyl (C=O) groups excluding carboxylic acids is 2. The monoisotopic (exact) mass is 425 g/mol. The van der Waals surface area contributed by atoms with Crippen molar-refractivity contribution in [2.75, 3.05) is 45.2 Å². The van der Waals surface area contributed by atoms with E-state index >= 15 is 0 Å². The molecule has 30 heavy (non-hydrogen) atoms. The molecule has 0 bridgehead atoms. The highest BCUT2D eigenvalue weighted by Crippen LogP contribution is 2.38. The van der Waals surface area contributed by atoms with E-state index in [1.807, 2.05) is 12.1 Å². The fourth-order valence-corrected chi connectivity index (χ4v) is 4.10. The summed E-state index contributed by atoms with van der Waals surface area (Å²) in [6, 6.07) is 14.6. The molecule has 4 rings (SSSR count). The van der Waals surface area contributed by atoms with Gasteiger partial charge in [0.1, 0.15) is 10.8 Å². The molecule has 2 amide bonds. The second-order valence-corrected chi connectivity index (χ2v) is 7.96. The molecule has 0 saturated carbocycles. The van der Waals surface area contributed by atoms with Crippen LogP contribution in [0.3, 0.4) is 0 Å². The van der Waals surface area contributed by atoms with Crippen LogP contribution in [-0.2, 0) is 16.1 Å². The topological polar surface area (TPSA) is 53.1 Å². The van der Waals surface area contributed by atoms with Crippen molar-refractivity contribution < 1.29 is 14.3 Å². The molecule has 0 atom stereocenters. The Morgan fingerprint density at radius 1 is 0.933 bits per heavy atom. The van der Waals surface area contributed by atoms with Gasteiger partial charge in [0.05, 0.1) is 18.4 Å². The van der Waals surface area contributed by atoms with Crippen molar-refractivity contribution in [2.45, 2.75) is 6.54 Å². The van der Waals surface area contributed by atoms with Gasteiger partial charge in [0.25, 0.3) is 11.8 Å². The number of nitrogens with zero attached hydrogens (tertiary/aromatic N) is 3. The van der Waals surface area contributed by atoms with E-state index in [0.717, 1.165) is 43.2 Å². The van der Waals surface area contributed by atoms with Crippen molar-refractivity contribution in [2.24, 2.45) is 0 Å². The lowest BCUT2D eigenvalue weighted by molar-refractivity contribution is -0.119. The van der Waals surface area contributed by atoms with Crippen LogP contribution in [0.25, 0.3) is 5.57 Å². The first-order valence-electron chi connectivity index (χ1n) is 9.91. The molecule has 1 saturated heterocycles. The molecule has 2 aromatic carbocycles. The summed E-state index contributed by atoms with van der Waals surface area (Å²) in [6.07, 6.45) is 0. The Morgan fingerprint density at radius 2 is 1.60 bits per heavy atom. The smallest absolute Gasteiger partial charge is 0.277 e. The summed E-state index contributed by atoms with van der Waals surface area (Å²) >= 11 is 6.30. The fraction of sp³-hybridized carbons (Fsp3) is 0.304. The minimum absolute atomic E-state index is 0.0917. The third-order valence-corrected chi connectivity index (χ3v) is 5.95. The Balaban J connectivity index is 1.54. The second kappa shape index (κ2) is 8.60. The number of methoxy groups -OCH3 is 1. The number of likely N-dealkylation sites (N-methyl/N-ethyl adjacent to an activating group) is 1. The lowest BCUT2D eigenvalue weighted by Gasteiger charge is -2.32. The second-order valence-electron chi connectivity index (χ2n) is 7.58. The number of benzene rings is 2. The Hall–Kier alpha value is -2.67. The number of carbonyl (C=O) groups is 2. The van der Waals surface area contributed by atoms with Gasteiger partial charge in [-0.3, -0.25) is 14.5 Å². The lowest BCUT2D eigenvalue weighted by Crippen LogP contribution is -2.43. The van der Waals surface area contributed by atoms with E-state index in [1.165, 1.54) is 7.11 Å². The lowest BCUT2D eigenvalue weighted by atomic mass is 10.0. The van der Waals surface area contributed by atoms with Gasteiger partial charge in [-0.05, 0) is 30.8 Å². The minimum Gasteiger partial charge on any atom is -0.496 e. The highest BCUT2D eigenvalue weighted by Gasteiger charge is 2.40. The van der Waals surface area contributed by atoms with Gasteiger partial charge in [0, 0.05) is 38.3 Å². The number of piperazine rings is 1. The van der Waals surface area contributed by atoms with Crippen molar-refractivity contribution in [3.05, 3.63) is 64.7 Å². The molecule has 0 aromatic heterocycles. The molecule has 0 radical (unpaired) electrons. The first kappa shape index (κ1) is 20.6. The summed E-state index contributed by atoms with van der Waals surface area (Å²) in [4.78, 5) is 31.8. The number of amides is 2. The van der Waals surface area contributed by atoms with E-state index in [9.17, 15) is 9.59 Å². The average Bonchev–Trinajstić information content (AvgIpc) is 2.98. The largest absolute Gasteiger partial charge is 0.496 e. The van der Waals surface area contributed by atoms with E-state index in [2.05, 4.69) is 16.8 Å². The number of anilines is 1. The number of hydrogen-bond acceptors (Lipinski definition) is 5. The van der Waals surface area contributed by atoms with Crippen LogP contribution >= 0.6 is 11.6 Å². The van der Waals surface area contributed by atoms with Crippen LogP contribution in [0.5, 0.6) is 5.75 Å². The number of rotatable bonds is 5. The number of halogens is 1. The molecule has 156 valence electrons. The van der Waals surface area contributed by atoms with Crippen molar-refractivity contribution in [1.82, 2.24) is 9.80 Å². The van der Waals surface area contributed by atoms with Crippen LogP contribution in [0.15, 0.2) is 53.6 Å².